The summed E-state index contributed by atoms with van der Waals surface area (Å²) in [5.41, 5.74) is 4.15. The first-order valence-electron chi connectivity index (χ1n) is 8.98. The standard InChI is InChI=1S/C20H26N2O2S/c1-15-5-7-18(8-6-15)24-13-17-4-3-11-22(12-17)20(23)10-9-19-16(2)21-14-25-19/h5-8,14,17H,3-4,9-13H2,1-2H3/t17-/m0/s1. The van der Waals surface area contributed by atoms with Gasteiger partial charge in [0.1, 0.15) is 5.75 Å². The highest BCUT2D eigenvalue weighted by Gasteiger charge is 2.24. The third kappa shape index (κ3) is 5.05. The van der Waals surface area contributed by atoms with Gasteiger partial charge in [-0.25, -0.2) is 4.98 Å². The lowest BCUT2D eigenvalue weighted by Crippen LogP contribution is -2.41. The van der Waals surface area contributed by atoms with Crippen molar-refractivity contribution in [3.63, 3.8) is 0 Å². The summed E-state index contributed by atoms with van der Waals surface area (Å²) in [6, 6.07) is 8.15. The lowest BCUT2D eigenvalue weighted by molar-refractivity contribution is -0.133. The van der Waals surface area contributed by atoms with Crippen LogP contribution >= 0.6 is 11.3 Å². The molecule has 1 amide bonds. The number of carbonyl (C=O) groups is 1. The lowest BCUT2D eigenvalue weighted by Gasteiger charge is -2.32. The molecule has 1 fully saturated rings. The van der Waals surface area contributed by atoms with Gasteiger partial charge >= 0.3 is 0 Å². The van der Waals surface area contributed by atoms with Crippen molar-refractivity contribution in [3.8, 4) is 5.75 Å². The van der Waals surface area contributed by atoms with E-state index in [1.807, 2.05) is 29.5 Å². The van der Waals surface area contributed by atoms with Crippen molar-refractivity contribution in [2.75, 3.05) is 19.7 Å². The van der Waals surface area contributed by atoms with Gasteiger partial charge in [0, 0.05) is 30.3 Å². The van der Waals surface area contributed by atoms with Crippen molar-refractivity contribution >= 4 is 17.2 Å². The highest BCUT2D eigenvalue weighted by molar-refractivity contribution is 7.09. The molecule has 0 spiro atoms. The van der Waals surface area contributed by atoms with Crippen LogP contribution in [0.2, 0.25) is 0 Å². The molecule has 1 atom stereocenters. The van der Waals surface area contributed by atoms with Crippen molar-refractivity contribution in [1.29, 1.82) is 0 Å². The van der Waals surface area contributed by atoms with Gasteiger partial charge in [-0.15, -0.1) is 11.3 Å². The fourth-order valence-corrected chi connectivity index (χ4v) is 4.00. The number of carbonyl (C=O) groups excluding carboxylic acids is 1. The molecule has 0 bridgehead atoms. The second-order valence-electron chi connectivity index (χ2n) is 6.83. The molecule has 25 heavy (non-hydrogen) atoms. The molecule has 1 aromatic carbocycles. The molecule has 5 heteroatoms. The Bertz CT molecular complexity index is 696. The number of aryl methyl sites for hydroxylation is 3. The van der Waals surface area contributed by atoms with E-state index in [1.54, 1.807) is 11.3 Å². The minimum absolute atomic E-state index is 0.257. The number of aromatic nitrogens is 1. The molecule has 0 N–H and O–H groups in total. The van der Waals surface area contributed by atoms with Crippen LogP contribution in [-0.2, 0) is 11.2 Å². The summed E-state index contributed by atoms with van der Waals surface area (Å²) in [5.74, 6) is 1.59. The van der Waals surface area contributed by atoms with E-state index < -0.39 is 0 Å². The molecule has 0 aliphatic carbocycles. The average Bonchev–Trinajstić information content (AvgIpc) is 3.04. The molecule has 1 aliphatic heterocycles. The van der Waals surface area contributed by atoms with E-state index in [2.05, 4.69) is 24.0 Å². The van der Waals surface area contributed by atoms with E-state index in [-0.39, 0.29) is 5.91 Å². The fraction of sp³-hybridized carbons (Fsp3) is 0.500. The second kappa shape index (κ2) is 8.48. The van der Waals surface area contributed by atoms with Gasteiger partial charge in [0.05, 0.1) is 17.8 Å². The first kappa shape index (κ1) is 17.9. The molecule has 1 aliphatic rings. The number of thiazole rings is 1. The Labute approximate surface area is 153 Å². The predicted octanol–water partition coefficient (Wildman–Crippen LogP) is 4.01. The minimum atomic E-state index is 0.257. The Hall–Kier alpha value is -1.88. The van der Waals surface area contributed by atoms with Crippen molar-refractivity contribution in [3.05, 3.63) is 45.9 Å². The summed E-state index contributed by atoms with van der Waals surface area (Å²) >= 11 is 1.64. The van der Waals surface area contributed by atoms with Gasteiger partial charge in [0.25, 0.3) is 0 Å². The molecule has 4 nitrogen and oxygen atoms in total. The lowest BCUT2D eigenvalue weighted by atomic mass is 9.98. The topological polar surface area (TPSA) is 42.4 Å². The Morgan fingerprint density at radius 1 is 1.32 bits per heavy atom. The molecular formula is C20H26N2O2S. The Balaban J connectivity index is 1.46. The van der Waals surface area contributed by atoms with E-state index in [4.69, 9.17) is 4.74 Å². The number of amides is 1. The fourth-order valence-electron chi connectivity index (χ4n) is 3.22. The second-order valence-corrected chi connectivity index (χ2v) is 7.77. The van der Waals surface area contributed by atoms with Crippen LogP contribution in [0.1, 0.15) is 35.4 Å². The Morgan fingerprint density at radius 3 is 2.84 bits per heavy atom. The Morgan fingerprint density at radius 2 is 2.12 bits per heavy atom. The minimum Gasteiger partial charge on any atom is -0.493 e. The number of ether oxygens (including phenoxy) is 1. The summed E-state index contributed by atoms with van der Waals surface area (Å²) in [6.07, 6.45) is 3.57. The van der Waals surface area contributed by atoms with Crippen molar-refractivity contribution in [1.82, 2.24) is 9.88 Å². The van der Waals surface area contributed by atoms with Crippen LogP contribution in [0.25, 0.3) is 0 Å². The number of piperidine rings is 1. The first-order chi connectivity index (χ1) is 12.1. The zero-order chi connectivity index (χ0) is 17.6. The summed E-state index contributed by atoms with van der Waals surface area (Å²) in [4.78, 5) is 20.0. The van der Waals surface area contributed by atoms with Crippen molar-refractivity contribution < 1.29 is 9.53 Å². The molecule has 0 unspecified atom stereocenters. The highest BCUT2D eigenvalue weighted by Crippen LogP contribution is 2.21. The van der Waals surface area contributed by atoms with Crippen LogP contribution in [0, 0.1) is 19.8 Å². The molecule has 2 heterocycles. The number of hydrogen-bond donors (Lipinski definition) is 0. The van der Waals surface area contributed by atoms with Crippen LogP contribution in [0.4, 0.5) is 0 Å². The number of benzene rings is 1. The molecule has 1 saturated heterocycles. The smallest absolute Gasteiger partial charge is 0.222 e. The van der Waals surface area contributed by atoms with E-state index >= 15 is 0 Å². The Kier molecular flexibility index (Phi) is 6.08. The van der Waals surface area contributed by atoms with Gasteiger partial charge in [-0.05, 0) is 45.2 Å². The van der Waals surface area contributed by atoms with Crippen molar-refractivity contribution in [2.24, 2.45) is 5.92 Å². The number of hydrogen-bond acceptors (Lipinski definition) is 4. The molecule has 3 rings (SSSR count). The first-order valence-corrected chi connectivity index (χ1v) is 9.86. The van der Waals surface area contributed by atoms with Gasteiger partial charge in [-0.3, -0.25) is 4.79 Å². The monoisotopic (exact) mass is 358 g/mol. The maximum atomic E-state index is 12.5. The van der Waals surface area contributed by atoms with E-state index in [0.717, 1.165) is 43.8 Å². The molecule has 2 aromatic rings. The van der Waals surface area contributed by atoms with Gasteiger partial charge in [0.2, 0.25) is 5.91 Å². The normalized spacial score (nSPS) is 17.5. The third-order valence-corrected chi connectivity index (χ3v) is 5.78. The van der Waals surface area contributed by atoms with Crippen LogP contribution in [0.15, 0.2) is 29.8 Å². The highest BCUT2D eigenvalue weighted by atomic mass is 32.1. The molecule has 1 aromatic heterocycles. The van der Waals surface area contributed by atoms with Gasteiger partial charge < -0.3 is 9.64 Å². The number of likely N-dealkylation sites (tertiary alicyclic amines) is 1. The summed E-state index contributed by atoms with van der Waals surface area (Å²) in [7, 11) is 0. The molecule has 0 saturated carbocycles. The molecule has 134 valence electrons. The number of rotatable bonds is 6. The zero-order valence-corrected chi connectivity index (χ0v) is 15.8. The average molecular weight is 359 g/mol. The quantitative estimate of drug-likeness (QED) is 0.783. The van der Waals surface area contributed by atoms with Crippen LogP contribution in [0.3, 0.4) is 0 Å². The molecular weight excluding hydrogens is 332 g/mol. The van der Waals surface area contributed by atoms with Gasteiger partial charge in [-0.2, -0.15) is 0 Å². The van der Waals surface area contributed by atoms with Gasteiger partial charge in [0.15, 0.2) is 0 Å². The maximum absolute atomic E-state index is 12.5. The predicted molar refractivity (Wildman–Crippen MR) is 101 cm³/mol. The zero-order valence-electron chi connectivity index (χ0n) is 15.0. The maximum Gasteiger partial charge on any atom is 0.222 e. The summed E-state index contributed by atoms with van der Waals surface area (Å²) < 4.78 is 5.92. The van der Waals surface area contributed by atoms with Crippen LogP contribution < -0.4 is 4.74 Å². The summed E-state index contributed by atoms with van der Waals surface area (Å²) in [6.45, 7) is 6.45. The van der Waals surface area contributed by atoms with Crippen molar-refractivity contribution in [2.45, 2.75) is 39.5 Å². The van der Waals surface area contributed by atoms with Gasteiger partial charge in [-0.1, -0.05) is 17.7 Å². The largest absolute Gasteiger partial charge is 0.493 e. The van der Waals surface area contributed by atoms with E-state index in [1.165, 1.54) is 10.4 Å². The van der Waals surface area contributed by atoms with E-state index in [9.17, 15) is 4.79 Å². The molecule has 0 radical (unpaired) electrons. The SMILES string of the molecule is Cc1ccc(OC[C@H]2CCCN(C(=O)CCc3scnc3C)C2)cc1. The van der Waals surface area contributed by atoms with E-state index in [0.29, 0.717) is 18.9 Å². The number of nitrogens with zero attached hydrogens (tertiary/aromatic N) is 2. The van der Waals surface area contributed by atoms with Crippen LogP contribution in [0.5, 0.6) is 5.75 Å². The van der Waals surface area contributed by atoms with Crippen LogP contribution in [-0.4, -0.2) is 35.5 Å². The summed E-state index contributed by atoms with van der Waals surface area (Å²) in [5, 5.41) is 0. The third-order valence-electron chi connectivity index (χ3n) is 4.79.